The van der Waals surface area contributed by atoms with Crippen LogP contribution in [0.15, 0.2) is 0 Å². The molecule has 9 atom stereocenters. The quantitative estimate of drug-likeness (QED) is 0.471. The second kappa shape index (κ2) is 4.39. The zero-order valence-corrected chi connectivity index (χ0v) is 15.3. The number of ether oxygens (including phenoxy) is 1. The largest absolute Gasteiger partial charge is 0.370 e. The Kier molecular flexibility index (Phi) is 2.88. The van der Waals surface area contributed by atoms with Gasteiger partial charge in [-0.25, -0.2) is 0 Å². The molecule has 5 aliphatic rings. The highest BCUT2D eigenvalue weighted by Gasteiger charge is 2.64. The first-order valence-electron chi connectivity index (χ1n) is 9.27. The Balaban J connectivity index is 1.49. The number of halogens is 1. The lowest BCUT2D eigenvalue weighted by atomic mass is 9.45. The number of Topliss-reactive ketones (excluding diaryl/α,β-unsaturated/α-hetero) is 1. The van der Waals surface area contributed by atoms with Gasteiger partial charge in [0.25, 0.3) is 0 Å². The second-order valence-corrected chi connectivity index (χ2v) is 10.4. The highest BCUT2D eigenvalue weighted by molar-refractivity contribution is 9.10. The van der Waals surface area contributed by atoms with E-state index in [2.05, 4.69) is 29.8 Å². The van der Waals surface area contributed by atoms with Gasteiger partial charge in [0, 0.05) is 5.41 Å². The topological polar surface area (TPSA) is 29.6 Å². The van der Waals surface area contributed by atoms with Crippen molar-refractivity contribution < 1.29 is 9.53 Å². The molecule has 1 saturated heterocycles. The van der Waals surface area contributed by atoms with E-state index in [4.69, 9.17) is 4.74 Å². The number of alkyl halides is 1. The third-order valence-corrected chi connectivity index (χ3v) is 9.40. The van der Waals surface area contributed by atoms with Gasteiger partial charge in [0.15, 0.2) is 5.78 Å². The van der Waals surface area contributed by atoms with Crippen molar-refractivity contribution in [3.8, 4) is 0 Å². The number of hydrogen-bond donors (Lipinski definition) is 0. The van der Waals surface area contributed by atoms with Crippen LogP contribution in [0.3, 0.4) is 0 Å². The molecular formula is C19H27BrO2. The van der Waals surface area contributed by atoms with Gasteiger partial charge in [-0.3, -0.25) is 4.79 Å². The van der Waals surface area contributed by atoms with Gasteiger partial charge in [0.1, 0.15) is 0 Å². The maximum absolute atomic E-state index is 12.7. The molecule has 5 fully saturated rings. The second-order valence-electron chi connectivity index (χ2n) is 9.33. The first kappa shape index (κ1) is 14.5. The van der Waals surface area contributed by atoms with Gasteiger partial charge in [0.2, 0.25) is 0 Å². The molecule has 0 amide bonds. The highest BCUT2D eigenvalue weighted by Crippen LogP contribution is 2.67. The average molecular weight is 367 g/mol. The molecule has 5 rings (SSSR count). The maximum atomic E-state index is 12.7. The molecule has 0 aromatic rings. The van der Waals surface area contributed by atoms with E-state index < -0.39 is 0 Å². The molecule has 0 aromatic carbocycles. The molecule has 0 radical (unpaired) electrons. The van der Waals surface area contributed by atoms with Crippen molar-refractivity contribution in [3.05, 3.63) is 0 Å². The maximum Gasteiger partial charge on any atom is 0.152 e. The Labute approximate surface area is 141 Å². The van der Waals surface area contributed by atoms with Crippen LogP contribution in [-0.2, 0) is 9.53 Å². The van der Waals surface area contributed by atoms with Gasteiger partial charge in [-0.2, -0.15) is 0 Å². The van der Waals surface area contributed by atoms with Crippen LogP contribution in [0.1, 0.15) is 58.8 Å². The van der Waals surface area contributed by atoms with Gasteiger partial charge >= 0.3 is 0 Å². The Hall–Kier alpha value is 0.110. The van der Waals surface area contributed by atoms with Crippen LogP contribution in [0, 0.1) is 34.5 Å². The zero-order chi connectivity index (χ0) is 15.3. The van der Waals surface area contributed by atoms with E-state index >= 15 is 0 Å². The van der Waals surface area contributed by atoms with Crippen LogP contribution in [0.2, 0.25) is 0 Å². The summed E-state index contributed by atoms with van der Waals surface area (Å²) in [6.45, 7) is 4.84. The molecule has 4 aliphatic carbocycles. The lowest BCUT2D eigenvalue weighted by Gasteiger charge is -2.58. The molecule has 1 aliphatic heterocycles. The van der Waals surface area contributed by atoms with Crippen molar-refractivity contribution in [3.63, 3.8) is 0 Å². The van der Waals surface area contributed by atoms with Crippen molar-refractivity contribution in [1.82, 2.24) is 0 Å². The van der Waals surface area contributed by atoms with E-state index in [1.165, 1.54) is 32.1 Å². The monoisotopic (exact) mass is 366 g/mol. The zero-order valence-electron chi connectivity index (χ0n) is 13.7. The fourth-order valence-electron chi connectivity index (χ4n) is 7.27. The van der Waals surface area contributed by atoms with Crippen LogP contribution < -0.4 is 0 Å². The molecule has 4 saturated carbocycles. The SMILES string of the molecule is C[C@]12C[C@H]3O[C@H]3CC1CC[C@@H]1[C@@H]2CC[C@]2(C)C(=O)[C@@H](Br)C[C@@H]12. The minimum absolute atomic E-state index is 0.0359. The number of ketones is 1. The predicted octanol–water partition coefficient (Wildman–Crippen LogP) is 4.35. The molecule has 0 spiro atoms. The summed E-state index contributed by atoms with van der Waals surface area (Å²) in [6, 6.07) is 0. The van der Waals surface area contributed by atoms with Crippen LogP contribution in [0.5, 0.6) is 0 Å². The molecule has 22 heavy (non-hydrogen) atoms. The number of epoxide rings is 1. The van der Waals surface area contributed by atoms with Crippen molar-refractivity contribution in [2.45, 2.75) is 75.8 Å². The Bertz CT molecular complexity index is 534. The summed E-state index contributed by atoms with van der Waals surface area (Å²) in [4.78, 5) is 12.8. The Morgan fingerprint density at radius 2 is 1.91 bits per heavy atom. The van der Waals surface area contributed by atoms with E-state index in [0.717, 1.165) is 30.6 Å². The molecule has 1 heterocycles. The minimum Gasteiger partial charge on any atom is -0.370 e. The van der Waals surface area contributed by atoms with Crippen LogP contribution in [0.4, 0.5) is 0 Å². The van der Waals surface area contributed by atoms with E-state index in [0.29, 0.717) is 29.3 Å². The van der Waals surface area contributed by atoms with E-state index in [1.807, 2.05) is 0 Å². The van der Waals surface area contributed by atoms with Crippen molar-refractivity contribution in [2.24, 2.45) is 34.5 Å². The predicted molar refractivity (Wildman–Crippen MR) is 88.9 cm³/mol. The summed E-state index contributed by atoms with van der Waals surface area (Å²) < 4.78 is 5.89. The summed E-state index contributed by atoms with van der Waals surface area (Å²) in [5.41, 5.74) is 0.446. The van der Waals surface area contributed by atoms with Gasteiger partial charge in [-0.1, -0.05) is 29.8 Å². The molecule has 2 nitrogen and oxygen atoms in total. The van der Waals surface area contributed by atoms with Crippen LogP contribution in [-0.4, -0.2) is 22.8 Å². The normalized spacial score (nSPS) is 62.7. The van der Waals surface area contributed by atoms with E-state index in [-0.39, 0.29) is 10.2 Å². The standard InChI is InChI=1S/C19H27BrO2/c1-18-6-5-12-11(13(18)8-14(20)17(18)21)4-3-10-7-15-16(22-15)9-19(10,12)2/h10-16H,3-9H2,1-2H3/t10?,11-,12+,13+,14+,15+,16-,18+,19+/m1/s1. The van der Waals surface area contributed by atoms with E-state index in [9.17, 15) is 4.79 Å². The minimum atomic E-state index is -0.0359. The summed E-state index contributed by atoms with van der Waals surface area (Å²) in [7, 11) is 0. The highest BCUT2D eigenvalue weighted by atomic mass is 79.9. The molecule has 3 heteroatoms. The molecule has 1 unspecified atom stereocenters. The average Bonchev–Trinajstić information content (AvgIpc) is 3.18. The fraction of sp³-hybridized carbons (Fsp3) is 0.947. The smallest absolute Gasteiger partial charge is 0.152 e. The number of hydrogen-bond acceptors (Lipinski definition) is 2. The first-order valence-corrected chi connectivity index (χ1v) is 10.2. The van der Waals surface area contributed by atoms with Gasteiger partial charge in [-0.05, 0) is 74.0 Å². The van der Waals surface area contributed by atoms with Gasteiger partial charge < -0.3 is 4.74 Å². The Morgan fingerprint density at radius 1 is 1.09 bits per heavy atom. The third-order valence-electron chi connectivity index (χ3n) is 8.61. The van der Waals surface area contributed by atoms with Crippen molar-refractivity contribution >= 4 is 21.7 Å². The van der Waals surface area contributed by atoms with Crippen molar-refractivity contribution in [1.29, 1.82) is 0 Å². The fourth-order valence-corrected chi connectivity index (χ4v) is 8.19. The van der Waals surface area contributed by atoms with Gasteiger partial charge in [0.05, 0.1) is 17.0 Å². The summed E-state index contributed by atoms with van der Waals surface area (Å²) >= 11 is 3.67. The van der Waals surface area contributed by atoms with E-state index in [1.54, 1.807) is 0 Å². The summed E-state index contributed by atoms with van der Waals surface area (Å²) in [5.74, 6) is 3.61. The molecule has 0 N–H and O–H groups in total. The number of rotatable bonds is 0. The summed E-state index contributed by atoms with van der Waals surface area (Å²) in [6.07, 6.45) is 9.98. The lowest BCUT2D eigenvalue weighted by molar-refractivity contribution is -0.137. The van der Waals surface area contributed by atoms with Gasteiger partial charge in [-0.15, -0.1) is 0 Å². The molecule has 0 bridgehead atoms. The summed E-state index contributed by atoms with van der Waals surface area (Å²) in [5, 5.41) is 0. The third kappa shape index (κ3) is 1.68. The molecular weight excluding hydrogens is 340 g/mol. The number of fused-ring (bicyclic) bond motifs is 6. The number of carbonyl (C=O) groups excluding carboxylic acids is 1. The lowest BCUT2D eigenvalue weighted by Crippen LogP contribution is -2.53. The Morgan fingerprint density at radius 3 is 2.73 bits per heavy atom. The first-order chi connectivity index (χ1) is 10.4. The van der Waals surface area contributed by atoms with Crippen molar-refractivity contribution in [2.75, 3.05) is 0 Å². The molecule has 0 aromatic heterocycles. The van der Waals surface area contributed by atoms with Crippen LogP contribution >= 0.6 is 15.9 Å². The number of carbonyl (C=O) groups is 1. The van der Waals surface area contributed by atoms with Crippen LogP contribution in [0.25, 0.3) is 0 Å². The molecule has 122 valence electrons.